The predicted molar refractivity (Wildman–Crippen MR) is 200 cm³/mol. The summed E-state index contributed by atoms with van der Waals surface area (Å²) >= 11 is 0. The van der Waals surface area contributed by atoms with E-state index in [0.717, 1.165) is 24.9 Å². The fraction of sp³-hybridized carbons (Fsp3) is 0.744. The maximum absolute atomic E-state index is 14.7. The van der Waals surface area contributed by atoms with Crippen molar-refractivity contribution < 1.29 is 47.5 Å². The summed E-state index contributed by atoms with van der Waals surface area (Å²) < 4.78 is 42.8. The topological polar surface area (TPSA) is 128 Å². The van der Waals surface area contributed by atoms with Crippen molar-refractivity contribution in [1.29, 1.82) is 0 Å². The highest BCUT2D eigenvalue weighted by atomic mass is 16.7. The Morgan fingerprint density at radius 1 is 0.889 bits per heavy atom. The fourth-order valence-electron chi connectivity index (χ4n) is 11.6. The third-order valence-corrected chi connectivity index (χ3v) is 14.0. The van der Waals surface area contributed by atoms with Gasteiger partial charge in [0, 0.05) is 45.9 Å². The zero-order valence-electron chi connectivity index (χ0n) is 33.0. The van der Waals surface area contributed by atoms with Crippen LogP contribution in [-0.2, 0) is 47.5 Å². The fourth-order valence-corrected chi connectivity index (χ4v) is 11.6. The highest BCUT2D eigenvalue weighted by molar-refractivity contribution is 5.99. The van der Waals surface area contributed by atoms with Crippen LogP contribution >= 0.6 is 0 Å². The third-order valence-electron chi connectivity index (χ3n) is 14.0. The molecule has 1 aromatic rings. The molecule has 2 saturated heterocycles. The van der Waals surface area contributed by atoms with E-state index < -0.39 is 24.4 Å². The molecule has 2 aliphatic heterocycles. The van der Waals surface area contributed by atoms with Gasteiger partial charge in [0.2, 0.25) is 0 Å². The first-order valence-corrected chi connectivity index (χ1v) is 20.4. The lowest BCUT2D eigenvalue weighted by Crippen LogP contribution is -2.60. The number of carbonyl (C=O) groups is 3. The van der Waals surface area contributed by atoms with Gasteiger partial charge in [0.25, 0.3) is 0 Å². The number of esters is 2. The van der Waals surface area contributed by atoms with Crippen LogP contribution in [0.3, 0.4) is 0 Å². The number of ketones is 1. The van der Waals surface area contributed by atoms with Crippen molar-refractivity contribution in [2.45, 2.75) is 134 Å². The summed E-state index contributed by atoms with van der Waals surface area (Å²) in [6.07, 6.45) is 4.93. The second-order valence-electron chi connectivity index (χ2n) is 16.8. The van der Waals surface area contributed by atoms with Crippen molar-refractivity contribution in [2.75, 3.05) is 26.6 Å². The number of methoxy groups -OCH3 is 3. The summed E-state index contributed by atoms with van der Waals surface area (Å²) in [4.78, 5) is 40.8. The lowest BCUT2D eigenvalue weighted by molar-refractivity contribution is -0.314. The van der Waals surface area contributed by atoms with Crippen molar-refractivity contribution in [2.24, 2.45) is 47.3 Å². The Hall–Kier alpha value is -2.83. The zero-order chi connectivity index (χ0) is 38.3. The standard InChI is InChI=1S/C43H61NO10/c1-8-26-15-12-16-35(52-24(4)45)22(2)39(47)33-19-30-28-17-27(54-43-42(50-7)41(49-6)40(48-5)23(3)51-43)18-29(28)31-20-34(44-25-13-10-9-11-14-25)38(31)37(30)32(33)21-36(46)53-26/h9-11,13-14,19,22-23,26-32,34-35,37-38,40-44H,8,12,15-18,20-21H2,1-7H3/t22-,23+,26+,27+,28-,29-,30+,31+,32-,34?,35+,37-,38-,40+,41-,42-,43+/m1/s1. The van der Waals surface area contributed by atoms with Crippen LogP contribution in [0.4, 0.5) is 5.69 Å². The molecule has 0 aromatic heterocycles. The maximum Gasteiger partial charge on any atom is 0.306 e. The van der Waals surface area contributed by atoms with E-state index >= 15 is 0 Å². The van der Waals surface area contributed by atoms with Crippen LogP contribution in [-0.4, -0.2) is 94.1 Å². The van der Waals surface area contributed by atoms with Crippen LogP contribution in [0.15, 0.2) is 42.0 Å². The first-order chi connectivity index (χ1) is 26.1. The maximum atomic E-state index is 14.7. The van der Waals surface area contributed by atoms with E-state index in [9.17, 15) is 14.4 Å². The molecule has 1 N–H and O–H groups in total. The molecule has 4 aliphatic carbocycles. The number of hydrogen-bond donors (Lipinski definition) is 1. The average Bonchev–Trinajstić information content (AvgIpc) is 3.72. The highest BCUT2D eigenvalue weighted by Crippen LogP contribution is 2.66. The van der Waals surface area contributed by atoms with Gasteiger partial charge in [-0.25, -0.2) is 0 Å². The molecule has 54 heavy (non-hydrogen) atoms. The van der Waals surface area contributed by atoms with Gasteiger partial charge in [-0.3, -0.25) is 14.4 Å². The SMILES string of the molecule is CC[C@H]1CCC[C@H](OC(C)=O)[C@@H](C)C(=O)C2=C[C@H]3[C@@H]4C[C@H](O[C@@H]5O[C@@H](C)[C@H](OC)[C@@H](OC)[C@H]5OC)C[C@H]4[C@@H]4CC(Nc5ccccc5)[C@@H]4[C@H]3[C@@H]2CC(=O)O1. The Morgan fingerprint density at radius 3 is 2.30 bits per heavy atom. The van der Waals surface area contributed by atoms with Crippen molar-refractivity contribution in [3.8, 4) is 0 Å². The van der Waals surface area contributed by atoms with Crippen LogP contribution < -0.4 is 5.32 Å². The number of allylic oxidation sites excluding steroid dienone is 2. The van der Waals surface area contributed by atoms with E-state index in [0.29, 0.717) is 43.1 Å². The molecule has 6 aliphatic rings. The molecule has 3 saturated carbocycles. The lowest BCUT2D eigenvalue weighted by Gasteiger charge is -2.59. The van der Waals surface area contributed by atoms with Crippen LogP contribution in [0.5, 0.6) is 0 Å². The van der Waals surface area contributed by atoms with Gasteiger partial charge in [0.05, 0.1) is 24.5 Å². The van der Waals surface area contributed by atoms with Crippen LogP contribution in [0.1, 0.15) is 79.1 Å². The minimum absolute atomic E-state index is 0.0160. The Bertz CT molecular complexity index is 1520. The number of carbonyl (C=O) groups excluding carboxylic acids is 3. The normalized spacial score (nSPS) is 43.5. The van der Waals surface area contributed by atoms with Crippen molar-refractivity contribution in [3.05, 3.63) is 42.0 Å². The molecule has 0 amide bonds. The summed E-state index contributed by atoms with van der Waals surface area (Å²) in [5.41, 5.74) is 1.79. The number of cyclic esters (lactones) is 1. The van der Waals surface area contributed by atoms with Crippen molar-refractivity contribution in [1.82, 2.24) is 0 Å². The van der Waals surface area contributed by atoms with E-state index in [-0.39, 0.29) is 90.3 Å². The number of nitrogens with one attached hydrogen (secondary N) is 1. The first-order valence-electron chi connectivity index (χ1n) is 20.4. The smallest absolute Gasteiger partial charge is 0.306 e. The summed E-state index contributed by atoms with van der Waals surface area (Å²) in [7, 11) is 4.98. The van der Waals surface area contributed by atoms with Crippen molar-refractivity contribution >= 4 is 23.4 Å². The highest BCUT2D eigenvalue weighted by Gasteiger charge is 2.64. The second-order valence-corrected chi connectivity index (χ2v) is 16.8. The predicted octanol–water partition coefficient (Wildman–Crippen LogP) is 6.14. The monoisotopic (exact) mass is 751 g/mol. The molecule has 0 spiro atoms. The number of rotatable bonds is 9. The van der Waals surface area contributed by atoms with Crippen molar-refractivity contribution in [3.63, 3.8) is 0 Å². The number of fused-ring (bicyclic) bond motifs is 8. The number of ether oxygens (including phenoxy) is 7. The second kappa shape index (κ2) is 16.7. The number of hydrogen-bond acceptors (Lipinski definition) is 11. The molecule has 11 nitrogen and oxygen atoms in total. The summed E-state index contributed by atoms with van der Waals surface area (Å²) in [6, 6.07) is 10.5. The van der Waals surface area contributed by atoms with Gasteiger partial charge in [0.1, 0.15) is 30.5 Å². The van der Waals surface area contributed by atoms with E-state index in [1.165, 1.54) is 6.92 Å². The molecule has 298 valence electrons. The molecule has 17 atom stereocenters. The third kappa shape index (κ3) is 7.52. The molecular weight excluding hydrogens is 690 g/mol. The Balaban J connectivity index is 1.22. The van der Waals surface area contributed by atoms with E-state index in [1.807, 2.05) is 39.0 Å². The number of anilines is 1. The molecule has 1 unspecified atom stereocenters. The summed E-state index contributed by atoms with van der Waals surface area (Å²) in [5.74, 6) is 0.0514. The molecular formula is C43H61NO10. The molecule has 11 heteroatoms. The Labute approximate surface area is 320 Å². The summed E-state index contributed by atoms with van der Waals surface area (Å²) in [5, 5.41) is 3.85. The van der Waals surface area contributed by atoms with Gasteiger partial charge in [0.15, 0.2) is 12.1 Å². The van der Waals surface area contributed by atoms with E-state index in [4.69, 9.17) is 33.2 Å². The zero-order valence-corrected chi connectivity index (χ0v) is 33.0. The number of Topliss-reactive ketones (excluding diaryl/α,β-unsaturated/α-hetero) is 1. The van der Waals surface area contributed by atoms with E-state index in [2.05, 4.69) is 23.5 Å². The largest absolute Gasteiger partial charge is 0.462 e. The first kappa shape index (κ1) is 39.4. The molecule has 0 bridgehead atoms. The molecule has 7 rings (SSSR count). The number of para-hydroxylation sites is 1. The molecule has 1 aromatic carbocycles. The van der Waals surface area contributed by atoms with Gasteiger partial charge < -0.3 is 38.5 Å². The van der Waals surface area contributed by atoms with Crippen LogP contribution in [0.2, 0.25) is 0 Å². The quantitative estimate of drug-likeness (QED) is 0.293. The summed E-state index contributed by atoms with van der Waals surface area (Å²) in [6.45, 7) is 7.31. The van der Waals surface area contributed by atoms with Gasteiger partial charge in [-0.2, -0.15) is 0 Å². The van der Waals surface area contributed by atoms with Gasteiger partial charge in [-0.05, 0) is 105 Å². The Morgan fingerprint density at radius 2 is 1.61 bits per heavy atom. The van der Waals surface area contributed by atoms with E-state index in [1.54, 1.807) is 21.3 Å². The van der Waals surface area contributed by atoms with Gasteiger partial charge >= 0.3 is 11.9 Å². The van der Waals surface area contributed by atoms with Crippen LogP contribution in [0.25, 0.3) is 0 Å². The van der Waals surface area contributed by atoms with Gasteiger partial charge in [-0.15, -0.1) is 0 Å². The lowest BCUT2D eigenvalue weighted by atomic mass is 9.47. The average molecular weight is 752 g/mol. The van der Waals surface area contributed by atoms with Crippen LogP contribution in [0, 0.1) is 47.3 Å². The minimum atomic E-state index is -0.620. The minimum Gasteiger partial charge on any atom is -0.462 e. The van der Waals surface area contributed by atoms with Gasteiger partial charge in [-0.1, -0.05) is 38.1 Å². The molecule has 5 fully saturated rings. The number of benzene rings is 1. The molecule has 2 heterocycles. The molecule has 0 radical (unpaired) electrons. The Kier molecular flexibility index (Phi) is 12.2.